The number of nitrogens with zero attached hydrogens (tertiary/aromatic N) is 4. The summed E-state index contributed by atoms with van der Waals surface area (Å²) in [6.45, 7) is 5.14. The van der Waals surface area contributed by atoms with Crippen molar-refractivity contribution in [3.05, 3.63) is 15.9 Å². The topological polar surface area (TPSA) is 58.4 Å². The molecule has 0 aliphatic carbocycles. The number of rotatable bonds is 4. The van der Waals surface area contributed by atoms with E-state index in [0.29, 0.717) is 6.54 Å². The molecule has 2 rings (SSSR count). The first-order chi connectivity index (χ1) is 8.99. The van der Waals surface area contributed by atoms with Crippen LogP contribution in [0.1, 0.15) is 25.2 Å². The molecule has 1 aliphatic heterocycles. The van der Waals surface area contributed by atoms with Crippen molar-refractivity contribution >= 4 is 27.9 Å². The van der Waals surface area contributed by atoms with Gasteiger partial charge in [-0.15, -0.1) is 0 Å². The van der Waals surface area contributed by atoms with Crippen LogP contribution >= 0.6 is 15.9 Å². The van der Waals surface area contributed by atoms with Gasteiger partial charge in [-0.1, -0.05) is 6.92 Å². The number of urea groups is 1. The van der Waals surface area contributed by atoms with Crippen molar-refractivity contribution in [2.75, 3.05) is 13.6 Å². The number of aryl methyl sites for hydroxylation is 2. The summed E-state index contributed by atoms with van der Waals surface area (Å²) in [5.41, 5.74) is 1.82. The van der Waals surface area contributed by atoms with Crippen LogP contribution in [0.15, 0.2) is 4.47 Å². The van der Waals surface area contributed by atoms with Crippen molar-refractivity contribution in [2.45, 2.75) is 33.4 Å². The van der Waals surface area contributed by atoms with E-state index in [1.165, 1.54) is 9.80 Å². The van der Waals surface area contributed by atoms with E-state index in [2.05, 4.69) is 21.0 Å². The number of amides is 3. The lowest BCUT2D eigenvalue weighted by Crippen LogP contribution is -2.32. The largest absolute Gasteiger partial charge is 0.327 e. The van der Waals surface area contributed by atoms with Crippen LogP contribution in [-0.2, 0) is 24.3 Å². The molecule has 1 aromatic heterocycles. The van der Waals surface area contributed by atoms with Gasteiger partial charge in [-0.25, -0.2) is 4.79 Å². The van der Waals surface area contributed by atoms with Crippen LogP contribution in [0.2, 0.25) is 0 Å². The Morgan fingerprint density at radius 3 is 2.47 bits per heavy atom. The van der Waals surface area contributed by atoms with E-state index in [1.807, 2.05) is 18.5 Å². The lowest BCUT2D eigenvalue weighted by molar-refractivity contribution is -0.125. The van der Waals surface area contributed by atoms with E-state index in [1.54, 1.807) is 7.05 Å². The molecule has 104 valence electrons. The predicted octanol–water partition coefficient (Wildman–Crippen LogP) is 1.62. The molecule has 0 N–H and O–H groups in total. The number of halogens is 1. The second-order valence-electron chi connectivity index (χ2n) is 4.50. The molecule has 0 saturated carbocycles. The number of aromatic nitrogens is 2. The van der Waals surface area contributed by atoms with Crippen LogP contribution in [0.25, 0.3) is 0 Å². The summed E-state index contributed by atoms with van der Waals surface area (Å²) in [7, 11) is 1.63. The molecular weight excluding hydrogens is 312 g/mol. The number of imide groups is 1. The zero-order valence-corrected chi connectivity index (χ0v) is 12.9. The molecular formula is C12H17BrN4O2. The van der Waals surface area contributed by atoms with Gasteiger partial charge in [-0.2, -0.15) is 5.10 Å². The van der Waals surface area contributed by atoms with E-state index in [-0.39, 0.29) is 25.0 Å². The number of likely N-dealkylation sites (N-methyl/N-ethyl adjacent to an activating group) is 1. The second-order valence-corrected chi connectivity index (χ2v) is 5.29. The monoisotopic (exact) mass is 328 g/mol. The van der Waals surface area contributed by atoms with Crippen molar-refractivity contribution in [1.82, 2.24) is 19.6 Å². The fourth-order valence-electron chi connectivity index (χ4n) is 2.14. The quantitative estimate of drug-likeness (QED) is 0.789. The van der Waals surface area contributed by atoms with Gasteiger partial charge in [-0.05, 0) is 29.3 Å². The zero-order chi connectivity index (χ0) is 14.2. The van der Waals surface area contributed by atoms with Crippen LogP contribution in [0.3, 0.4) is 0 Å². The third-order valence-electron chi connectivity index (χ3n) is 3.23. The van der Waals surface area contributed by atoms with Gasteiger partial charge < -0.3 is 4.90 Å². The lowest BCUT2D eigenvalue weighted by Gasteiger charge is -2.15. The Morgan fingerprint density at radius 1 is 1.32 bits per heavy atom. The molecule has 19 heavy (non-hydrogen) atoms. The predicted molar refractivity (Wildman–Crippen MR) is 73.6 cm³/mol. The van der Waals surface area contributed by atoms with Crippen molar-refractivity contribution in [3.63, 3.8) is 0 Å². The average Bonchev–Trinajstić information content (AvgIpc) is 2.82. The van der Waals surface area contributed by atoms with Crippen LogP contribution in [0.4, 0.5) is 4.79 Å². The molecule has 0 bridgehead atoms. The minimum Gasteiger partial charge on any atom is -0.318 e. The van der Waals surface area contributed by atoms with Gasteiger partial charge >= 0.3 is 6.03 Å². The number of hydrogen-bond acceptors (Lipinski definition) is 3. The smallest absolute Gasteiger partial charge is 0.318 e. The Hall–Kier alpha value is -1.37. The minimum absolute atomic E-state index is 0.150. The molecule has 0 unspecified atom stereocenters. The van der Waals surface area contributed by atoms with Crippen LogP contribution in [-0.4, -0.2) is 45.1 Å². The van der Waals surface area contributed by atoms with E-state index in [9.17, 15) is 9.59 Å². The molecule has 1 aliphatic rings. The first-order valence-corrected chi connectivity index (χ1v) is 7.08. The van der Waals surface area contributed by atoms with E-state index in [0.717, 1.165) is 22.3 Å². The lowest BCUT2D eigenvalue weighted by atomic mass is 10.3. The first-order valence-electron chi connectivity index (χ1n) is 6.29. The maximum absolute atomic E-state index is 11.9. The van der Waals surface area contributed by atoms with Gasteiger partial charge in [0, 0.05) is 13.6 Å². The maximum Gasteiger partial charge on any atom is 0.327 e. The number of hydrogen-bond donors (Lipinski definition) is 0. The highest BCUT2D eigenvalue weighted by atomic mass is 79.9. The molecule has 7 heteroatoms. The van der Waals surface area contributed by atoms with Crippen LogP contribution in [0.5, 0.6) is 0 Å². The van der Waals surface area contributed by atoms with Crippen LogP contribution in [0, 0.1) is 0 Å². The Bertz CT molecular complexity index is 526. The summed E-state index contributed by atoms with van der Waals surface area (Å²) in [5.74, 6) is -0.165. The Labute approximate surface area is 120 Å². The van der Waals surface area contributed by atoms with Gasteiger partial charge in [-0.3, -0.25) is 14.4 Å². The summed E-state index contributed by atoms with van der Waals surface area (Å²) in [5, 5.41) is 4.46. The van der Waals surface area contributed by atoms with Gasteiger partial charge in [0.15, 0.2) is 0 Å². The molecule has 3 amide bonds. The van der Waals surface area contributed by atoms with Crippen molar-refractivity contribution in [1.29, 1.82) is 0 Å². The highest BCUT2D eigenvalue weighted by Crippen LogP contribution is 2.25. The SMILES string of the molecule is CCc1nn(CC)c(CN2C(=O)CN(C)C2=O)c1Br. The standard InChI is InChI=1S/C12H17BrN4O2/c1-4-8-11(13)9(17(5-2)14-8)6-16-10(18)7-15(3)12(16)19/h4-7H2,1-3H3. The summed E-state index contributed by atoms with van der Waals surface area (Å²) >= 11 is 3.52. The van der Waals surface area contributed by atoms with Gasteiger partial charge in [0.2, 0.25) is 0 Å². The molecule has 2 heterocycles. The van der Waals surface area contributed by atoms with Crippen molar-refractivity contribution in [2.24, 2.45) is 0 Å². The highest BCUT2D eigenvalue weighted by molar-refractivity contribution is 9.10. The molecule has 1 aromatic rings. The first kappa shape index (κ1) is 14.0. The summed E-state index contributed by atoms with van der Waals surface area (Å²) in [6.07, 6.45) is 0.808. The average molecular weight is 329 g/mol. The third-order valence-corrected chi connectivity index (χ3v) is 4.15. The van der Waals surface area contributed by atoms with Crippen molar-refractivity contribution < 1.29 is 9.59 Å². The molecule has 1 fully saturated rings. The molecule has 1 saturated heterocycles. The Morgan fingerprint density at radius 2 is 2.00 bits per heavy atom. The van der Waals surface area contributed by atoms with Gasteiger partial charge in [0.1, 0.15) is 6.54 Å². The molecule has 0 spiro atoms. The summed E-state index contributed by atoms with van der Waals surface area (Å²) in [4.78, 5) is 26.4. The molecule has 6 nitrogen and oxygen atoms in total. The van der Waals surface area contributed by atoms with E-state index < -0.39 is 0 Å². The second kappa shape index (κ2) is 5.32. The molecule has 0 radical (unpaired) electrons. The Balaban J connectivity index is 2.31. The minimum atomic E-state index is -0.251. The number of carbonyl (C=O) groups excluding carboxylic acids is 2. The van der Waals surface area contributed by atoms with Crippen LogP contribution < -0.4 is 0 Å². The normalized spacial score (nSPS) is 15.8. The Kier molecular flexibility index (Phi) is 3.93. The highest BCUT2D eigenvalue weighted by Gasteiger charge is 2.34. The van der Waals surface area contributed by atoms with Gasteiger partial charge in [0.05, 0.1) is 22.4 Å². The summed E-state index contributed by atoms with van der Waals surface area (Å²) < 4.78 is 2.73. The fourth-order valence-corrected chi connectivity index (χ4v) is 2.83. The van der Waals surface area contributed by atoms with Crippen molar-refractivity contribution in [3.8, 4) is 0 Å². The maximum atomic E-state index is 11.9. The van der Waals surface area contributed by atoms with E-state index >= 15 is 0 Å². The number of carbonyl (C=O) groups is 2. The fraction of sp³-hybridized carbons (Fsp3) is 0.583. The van der Waals surface area contributed by atoms with Gasteiger partial charge in [0.25, 0.3) is 5.91 Å². The zero-order valence-electron chi connectivity index (χ0n) is 11.3. The van der Waals surface area contributed by atoms with E-state index in [4.69, 9.17) is 0 Å². The molecule has 0 atom stereocenters. The third kappa shape index (κ3) is 2.39. The summed E-state index contributed by atoms with van der Waals surface area (Å²) in [6, 6.07) is -0.251. The molecule has 0 aromatic carbocycles.